The van der Waals surface area contributed by atoms with Gasteiger partial charge in [0.2, 0.25) is 0 Å². The average Bonchev–Trinajstić information content (AvgIpc) is 2.39. The van der Waals surface area contributed by atoms with E-state index in [1.54, 1.807) is 6.92 Å². The number of halogens is 5. The highest BCUT2D eigenvalue weighted by Gasteiger charge is 2.36. The average molecular weight is 302 g/mol. The summed E-state index contributed by atoms with van der Waals surface area (Å²) >= 11 is 0. The number of hydrogen-bond acceptors (Lipinski definition) is 1. The van der Waals surface area contributed by atoms with Gasteiger partial charge in [0, 0.05) is 11.1 Å². The Morgan fingerprint density at radius 1 is 1.00 bits per heavy atom. The van der Waals surface area contributed by atoms with Crippen molar-refractivity contribution in [3.63, 3.8) is 0 Å². The van der Waals surface area contributed by atoms with Gasteiger partial charge in [-0.15, -0.1) is 0 Å². The van der Waals surface area contributed by atoms with Crippen LogP contribution in [0.3, 0.4) is 0 Å². The highest BCUT2D eigenvalue weighted by molar-refractivity contribution is 5.37. The minimum atomic E-state index is -4.88. The number of aliphatic hydroxyl groups excluding tert-OH is 1. The highest BCUT2D eigenvalue weighted by atomic mass is 19.4. The molecule has 0 heterocycles. The largest absolute Gasteiger partial charge is 0.419 e. The molecule has 0 spiro atoms. The van der Waals surface area contributed by atoms with Gasteiger partial charge in [-0.25, -0.2) is 8.78 Å². The van der Waals surface area contributed by atoms with Gasteiger partial charge >= 0.3 is 6.18 Å². The van der Waals surface area contributed by atoms with Crippen molar-refractivity contribution in [2.24, 2.45) is 0 Å². The van der Waals surface area contributed by atoms with Crippen molar-refractivity contribution in [1.29, 1.82) is 0 Å². The topological polar surface area (TPSA) is 20.2 Å². The standard InChI is InChI=1S/C15H11F5O/c1-8-5-6-12(16)10(7-8)14(21)9-3-2-4-11(13(9)17)15(18,19)20/h2-7,14,21H,1H3. The molecule has 1 N–H and O–H groups in total. The Hall–Kier alpha value is -1.95. The van der Waals surface area contributed by atoms with Crippen LogP contribution in [0.2, 0.25) is 0 Å². The SMILES string of the molecule is Cc1ccc(F)c(C(O)c2cccc(C(F)(F)F)c2F)c1. The van der Waals surface area contributed by atoms with Crippen LogP contribution in [-0.4, -0.2) is 5.11 Å². The molecule has 2 rings (SSSR count). The molecular formula is C15H11F5O. The van der Waals surface area contributed by atoms with E-state index in [1.165, 1.54) is 12.1 Å². The van der Waals surface area contributed by atoms with Crippen LogP contribution in [0.1, 0.15) is 28.4 Å². The van der Waals surface area contributed by atoms with Crippen molar-refractivity contribution < 1.29 is 27.1 Å². The summed E-state index contributed by atoms with van der Waals surface area (Å²) in [5.41, 5.74) is -1.78. The molecule has 6 heteroatoms. The summed E-state index contributed by atoms with van der Waals surface area (Å²) < 4.78 is 65.5. The van der Waals surface area contributed by atoms with Gasteiger partial charge in [0.1, 0.15) is 17.7 Å². The maximum absolute atomic E-state index is 13.9. The molecule has 2 aromatic rings. The monoisotopic (exact) mass is 302 g/mol. The predicted octanol–water partition coefficient (Wildman–Crippen LogP) is 4.37. The van der Waals surface area contributed by atoms with Crippen LogP contribution >= 0.6 is 0 Å². The van der Waals surface area contributed by atoms with Crippen LogP contribution in [0.4, 0.5) is 22.0 Å². The Labute approximate surface area is 117 Å². The molecule has 0 aliphatic heterocycles. The first-order valence-electron chi connectivity index (χ1n) is 6.01. The van der Waals surface area contributed by atoms with Gasteiger partial charge in [-0.1, -0.05) is 29.8 Å². The zero-order valence-electron chi connectivity index (χ0n) is 10.9. The quantitative estimate of drug-likeness (QED) is 0.817. The van der Waals surface area contributed by atoms with E-state index in [1.807, 2.05) is 0 Å². The van der Waals surface area contributed by atoms with Crippen LogP contribution < -0.4 is 0 Å². The van der Waals surface area contributed by atoms with Crippen molar-refractivity contribution in [2.45, 2.75) is 19.2 Å². The molecule has 0 bridgehead atoms. The van der Waals surface area contributed by atoms with Crippen molar-refractivity contribution in [2.75, 3.05) is 0 Å². The van der Waals surface area contributed by atoms with E-state index in [-0.39, 0.29) is 5.56 Å². The van der Waals surface area contributed by atoms with Crippen molar-refractivity contribution in [3.8, 4) is 0 Å². The number of aryl methyl sites for hydroxylation is 1. The first-order valence-corrected chi connectivity index (χ1v) is 6.01. The van der Waals surface area contributed by atoms with Gasteiger partial charge in [0.25, 0.3) is 0 Å². The van der Waals surface area contributed by atoms with Crippen LogP contribution in [0.25, 0.3) is 0 Å². The Balaban J connectivity index is 2.54. The fourth-order valence-corrected chi connectivity index (χ4v) is 2.02. The third-order valence-corrected chi connectivity index (χ3v) is 3.07. The minimum Gasteiger partial charge on any atom is -0.383 e. The molecule has 0 amide bonds. The van der Waals surface area contributed by atoms with Crippen molar-refractivity contribution in [3.05, 3.63) is 70.3 Å². The maximum atomic E-state index is 13.9. The number of hydrogen-bond donors (Lipinski definition) is 1. The van der Waals surface area contributed by atoms with Gasteiger partial charge in [-0.05, 0) is 19.1 Å². The lowest BCUT2D eigenvalue weighted by atomic mass is 9.97. The fourth-order valence-electron chi connectivity index (χ4n) is 2.02. The number of aliphatic hydroxyl groups is 1. The maximum Gasteiger partial charge on any atom is 0.419 e. The molecule has 0 radical (unpaired) electrons. The lowest BCUT2D eigenvalue weighted by Gasteiger charge is -2.16. The summed E-state index contributed by atoms with van der Waals surface area (Å²) in [7, 11) is 0. The van der Waals surface area contributed by atoms with E-state index in [0.717, 1.165) is 18.2 Å². The summed E-state index contributed by atoms with van der Waals surface area (Å²) in [6.07, 6.45) is -6.70. The van der Waals surface area contributed by atoms with Gasteiger partial charge < -0.3 is 5.11 Å². The van der Waals surface area contributed by atoms with Crippen molar-refractivity contribution in [1.82, 2.24) is 0 Å². The Bertz CT molecular complexity index is 664. The summed E-state index contributed by atoms with van der Waals surface area (Å²) in [6, 6.07) is 6.31. The Kier molecular flexibility index (Phi) is 4.00. The summed E-state index contributed by atoms with van der Waals surface area (Å²) in [4.78, 5) is 0. The first kappa shape index (κ1) is 15.4. The van der Waals surface area contributed by atoms with Gasteiger partial charge in [-0.2, -0.15) is 13.2 Å². The zero-order chi connectivity index (χ0) is 15.8. The molecule has 2 aromatic carbocycles. The molecular weight excluding hydrogens is 291 g/mol. The molecule has 1 unspecified atom stereocenters. The molecule has 0 aliphatic rings. The highest BCUT2D eigenvalue weighted by Crippen LogP contribution is 2.35. The fraction of sp³-hybridized carbons (Fsp3) is 0.200. The lowest BCUT2D eigenvalue weighted by molar-refractivity contribution is -0.140. The van der Waals surface area contributed by atoms with Crippen molar-refractivity contribution >= 4 is 0 Å². The van der Waals surface area contributed by atoms with E-state index in [9.17, 15) is 27.1 Å². The Morgan fingerprint density at radius 3 is 2.29 bits per heavy atom. The summed E-state index contributed by atoms with van der Waals surface area (Å²) in [5.74, 6) is -2.41. The third-order valence-electron chi connectivity index (χ3n) is 3.07. The second-order valence-corrected chi connectivity index (χ2v) is 4.63. The predicted molar refractivity (Wildman–Crippen MR) is 66.6 cm³/mol. The molecule has 0 aromatic heterocycles. The van der Waals surface area contributed by atoms with Gasteiger partial charge in [-0.3, -0.25) is 0 Å². The lowest BCUT2D eigenvalue weighted by Crippen LogP contribution is -2.13. The van der Waals surface area contributed by atoms with Crippen LogP contribution in [-0.2, 0) is 6.18 Å². The smallest absolute Gasteiger partial charge is 0.383 e. The molecule has 1 atom stereocenters. The molecule has 0 aliphatic carbocycles. The van der Waals surface area contributed by atoms with Gasteiger partial charge in [0.05, 0.1) is 5.56 Å². The van der Waals surface area contributed by atoms with Crippen LogP contribution in [0.15, 0.2) is 36.4 Å². The molecule has 0 saturated carbocycles. The van der Waals surface area contributed by atoms with Crippen LogP contribution in [0, 0.1) is 18.6 Å². The second-order valence-electron chi connectivity index (χ2n) is 4.63. The second kappa shape index (κ2) is 5.44. The molecule has 112 valence electrons. The van der Waals surface area contributed by atoms with Gasteiger partial charge in [0.15, 0.2) is 0 Å². The van der Waals surface area contributed by atoms with Crippen LogP contribution in [0.5, 0.6) is 0 Å². The van der Waals surface area contributed by atoms with E-state index < -0.39 is 35.0 Å². The van der Waals surface area contributed by atoms with E-state index in [2.05, 4.69) is 0 Å². The van der Waals surface area contributed by atoms with E-state index in [0.29, 0.717) is 11.6 Å². The molecule has 0 fully saturated rings. The normalized spacial score (nSPS) is 13.3. The minimum absolute atomic E-state index is 0.270. The molecule has 21 heavy (non-hydrogen) atoms. The summed E-state index contributed by atoms with van der Waals surface area (Å²) in [5, 5.41) is 10.0. The first-order chi connectivity index (χ1) is 9.71. The number of benzene rings is 2. The number of alkyl halides is 3. The molecule has 1 nitrogen and oxygen atoms in total. The van der Waals surface area contributed by atoms with E-state index >= 15 is 0 Å². The Morgan fingerprint density at radius 2 is 1.67 bits per heavy atom. The van der Waals surface area contributed by atoms with E-state index in [4.69, 9.17) is 0 Å². The summed E-state index contributed by atoms with van der Waals surface area (Å²) in [6.45, 7) is 1.62. The number of rotatable bonds is 2. The molecule has 0 saturated heterocycles. The third kappa shape index (κ3) is 3.05. The zero-order valence-corrected chi connectivity index (χ0v) is 10.9.